The zero-order chi connectivity index (χ0) is 11.5. The second-order valence-electron chi connectivity index (χ2n) is 3.85. The van der Waals surface area contributed by atoms with Crippen LogP contribution in [-0.2, 0) is 6.42 Å². The van der Waals surface area contributed by atoms with Gasteiger partial charge in [-0.3, -0.25) is 0 Å². The summed E-state index contributed by atoms with van der Waals surface area (Å²) in [4.78, 5) is 0. The molecule has 0 radical (unpaired) electrons. The minimum atomic E-state index is -0.327. The first kappa shape index (κ1) is 10.7. The summed E-state index contributed by atoms with van der Waals surface area (Å²) >= 11 is 0. The number of hydrogen-bond acceptors (Lipinski definition) is 4. The first-order chi connectivity index (χ1) is 7.66. The molecule has 2 aromatic rings. The number of nitrogen functional groups attached to an aromatic ring is 1. The lowest BCUT2D eigenvalue weighted by atomic mass is 10.0. The van der Waals surface area contributed by atoms with Gasteiger partial charge >= 0.3 is 0 Å². The maximum atomic E-state index is 9.26. The largest absolute Gasteiger partial charge is 0.393 e. The molecule has 84 valence electrons. The second-order valence-corrected chi connectivity index (χ2v) is 3.85. The van der Waals surface area contributed by atoms with Gasteiger partial charge in [-0.15, -0.1) is 0 Å². The van der Waals surface area contributed by atoms with Gasteiger partial charge in [-0.1, -0.05) is 29.4 Å². The molecule has 0 aliphatic carbocycles. The first-order valence-electron chi connectivity index (χ1n) is 5.14. The van der Waals surface area contributed by atoms with Crippen LogP contribution in [0.3, 0.4) is 0 Å². The van der Waals surface area contributed by atoms with Gasteiger partial charge in [-0.2, -0.15) is 0 Å². The summed E-state index contributed by atoms with van der Waals surface area (Å²) < 4.78 is 4.80. The number of aromatic nitrogens is 1. The van der Waals surface area contributed by atoms with Gasteiger partial charge in [0.25, 0.3) is 0 Å². The highest BCUT2D eigenvalue weighted by molar-refractivity contribution is 5.71. The fraction of sp³-hybridized carbons (Fsp3) is 0.250. The molecule has 1 aromatic carbocycles. The van der Waals surface area contributed by atoms with E-state index in [1.807, 2.05) is 24.3 Å². The van der Waals surface area contributed by atoms with Crippen LogP contribution in [-0.4, -0.2) is 16.4 Å². The van der Waals surface area contributed by atoms with E-state index in [9.17, 15) is 5.11 Å². The standard InChI is InChI=1S/C12H14N2O2/c1-8(15)6-9-2-4-10(5-3-9)11-7-14-16-12(11)13/h2-5,7-8,15H,6,13H2,1H3. The van der Waals surface area contributed by atoms with Crippen LogP contribution < -0.4 is 5.73 Å². The molecule has 4 nitrogen and oxygen atoms in total. The fourth-order valence-electron chi connectivity index (χ4n) is 1.63. The number of aliphatic hydroxyl groups excluding tert-OH is 1. The lowest BCUT2D eigenvalue weighted by molar-refractivity contribution is 0.195. The summed E-state index contributed by atoms with van der Waals surface area (Å²) in [5.41, 5.74) is 8.47. The molecule has 4 heteroatoms. The Balaban J connectivity index is 2.23. The predicted octanol–water partition coefficient (Wildman–Crippen LogP) is 1.85. The highest BCUT2D eigenvalue weighted by Crippen LogP contribution is 2.25. The molecule has 1 unspecified atom stereocenters. The van der Waals surface area contributed by atoms with Crippen molar-refractivity contribution < 1.29 is 9.63 Å². The van der Waals surface area contributed by atoms with E-state index in [0.29, 0.717) is 12.3 Å². The Morgan fingerprint density at radius 2 is 2.06 bits per heavy atom. The Hall–Kier alpha value is -1.81. The summed E-state index contributed by atoms with van der Waals surface area (Å²) in [5, 5.41) is 12.9. The molecule has 0 saturated carbocycles. The molecule has 1 aromatic heterocycles. The van der Waals surface area contributed by atoms with Crippen molar-refractivity contribution in [1.29, 1.82) is 0 Å². The predicted molar refractivity (Wildman–Crippen MR) is 61.7 cm³/mol. The third kappa shape index (κ3) is 2.23. The van der Waals surface area contributed by atoms with Crippen molar-refractivity contribution in [2.45, 2.75) is 19.4 Å². The van der Waals surface area contributed by atoms with Crippen LogP contribution in [0.2, 0.25) is 0 Å². The van der Waals surface area contributed by atoms with Gasteiger partial charge in [0.05, 0.1) is 17.9 Å². The molecule has 1 atom stereocenters. The van der Waals surface area contributed by atoms with Crippen LogP contribution in [0, 0.1) is 0 Å². The highest BCUT2D eigenvalue weighted by atomic mass is 16.5. The topological polar surface area (TPSA) is 72.3 Å². The number of anilines is 1. The van der Waals surface area contributed by atoms with Gasteiger partial charge in [0.1, 0.15) is 0 Å². The van der Waals surface area contributed by atoms with Crippen LogP contribution >= 0.6 is 0 Å². The third-order valence-corrected chi connectivity index (χ3v) is 2.39. The molecule has 0 saturated heterocycles. The minimum Gasteiger partial charge on any atom is -0.393 e. The average molecular weight is 218 g/mol. The number of aliphatic hydroxyl groups is 1. The summed E-state index contributed by atoms with van der Waals surface area (Å²) in [7, 11) is 0. The third-order valence-electron chi connectivity index (χ3n) is 2.39. The zero-order valence-corrected chi connectivity index (χ0v) is 9.05. The first-order valence-corrected chi connectivity index (χ1v) is 5.14. The molecule has 0 fully saturated rings. The Morgan fingerprint density at radius 1 is 1.38 bits per heavy atom. The number of benzene rings is 1. The van der Waals surface area contributed by atoms with Crippen LogP contribution in [0.1, 0.15) is 12.5 Å². The molecule has 0 amide bonds. The van der Waals surface area contributed by atoms with E-state index in [2.05, 4.69) is 5.16 Å². The Labute approximate surface area is 93.7 Å². The Kier molecular flexibility index (Phi) is 2.92. The van der Waals surface area contributed by atoms with Crippen molar-refractivity contribution in [1.82, 2.24) is 5.16 Å². The van der Waals surface area contributed by atoms with Crippen molar-refractivity contribution in [3.63, 3.8) is 0 Å². The van der Waals surface area contributed by atoms with E-state index in [1.54, 1.807) is 13.1 Å². The molecule has 3 N–H and O–H groups in total. The van der Waals surface area contributed by atoms with E-state index in [-0.39, 0.29) is 6.10 Å². The van der Waals surface area contributed by atoms with E-state index >= 15 is 0 Å². The van der Waals surface area contributed by atoms with E-state index in [0.717, 1.165) is 16.7 Å². The summed E-state index contributed by atoms with van der Waals surface area (Å²) in [6, 6.07) is 7.82. The number of hydrogen-bond donors (Lipinski definition) is 2. The number of nitrogens with two attached hydrogens (primary N) is 1. The van der Waals surface area contributed by atoms with E-state index < -0.39 is 0 Å². The van der Waals surface area contributed by atoms with Crippen molar-refractivity contribution in [3.05, 3.63) is 36.0 Å². The maximum Gasteiger partial charge on any atom is 0.229 e. The molecule has 0 aliphatic rings. The van der Waals surface area contributed by atoms with Gasteiger partial charge < -0.3 is 15.4 Å². The SMILES string of the molecule is CC(O)Cc1ccc(-c2cnoc2N)cc1. The van der Waals surface area contributed by atoms with E-state index in [1.165, 1.54) is 0 Å². The summed E-state index contributed by atoms with van der Waals surface area (Å²) in [6.45, 7) is 1.77. The van der Waals surface area contributed by atoms with Crippen molar-refractivity contribution in [3.8, 4) is 11.1 Å². The molecular formula is C12H14N2O2. The van der Waals surface area contributed by atoms with Crippen molar-refractivity contribution in [2.75, 3.05) is 5.73 Å². The average Bonchev–Trinajstić information content (AvgIpc) is 2.65. The van der Waals surface area contributed by atoms with Gasteiger partial charge in [-0.05, 0) is 24.5 Å². The van der Waals surface area contributed by atoms with Gasteiger partial charge in [-0.25, -0.2) is 0 Å². The van der Waals surface area contributed by atoms with Crippen LogP contribution in [0.4, 0.5) is 5.88 Å². The number of rotatable bonds is 3. The molecule has 0 bridgehead atoms. The molecular weight excluding hydrogens is 204 g/mol. The van der Waals surface area contributed by atoms with Gasteiger partial charge in [0.15, 0.2) is 0 Å². The molecule has 2 rings (SSSR count). The fourth-order valence-corrected chi connectivity index (χ4v) is 1.63. The Morgan fingerprint density at radius 3 is 2.56 bits per heavy atom. The van der Waals surface area contributed by atoms with Crippen molar-refractivity contribution >= 4 is 5.88 Å². The van der Waals surface area contributed by atoms with Crippen LogP contribution in [0.25, 0.3) is 11.1 Å². The quantitative estimate of drug-likeness (QED) is 0.824. The normalized spacial score (nSPS) is 12.6. The zero-order valence-electron chi connectivity index (χ0n) is 9.05. The lowest BCUT2D eigenvalue weighted by Crippen LogP contribution is -2.03. The van der Waals surface area contributed by atoms with Crippen molar-refractivity contribution in [2.24, 2.45) is 0 Å². The van der Waals surface area contributed by atoms with Gasteiger partial charge in [0, 0.05) is 0 Å². The van der Waals surface area contributed by atoms with Gasteiger partial charge in [0.2, 0.25) is 5.88 Å². The van der Waals surface area contributed by atoms with E-state index in [4.69, 9.17) is 10.3 Å². The van der Waals surface area contributed by atoms with Crippen LogP contribution in [0.5, 0.6) is 0 Å². The second kappa shape index (κ2) is 4.37. The minimum absolute atomic E-state index is 0.322. The summed E-state index contributed by atoms with van der Waals surface area (Å²) in [6.07, 6.45) is 1.92. The smallest absolute Gasteiger partial charge is 0.229 e. The molecule has 1 heterocycles. The highest BCUT2D eigenvalue weighted by Gasteiger charge is 2.06. The molecule has 16 heavy (non-hydrogen) atoms. The lowest BCUT2D eigenvalue weighted by Gasteiger charge is -2.05. The monoisotopic (exact) mass is 218 g/mol. The maximum absolute atomic E-state index is 9.26. The number of nitrogens with zero attached hydrogens (tertiary/aromatic N) is 1. The molecule has 0 spiro atoms. The summed E-state index contributed by atoms with van der Waals surface area (Å²) in [5.74, 6) is 0.322. The molecule has 0 aliphatic heterocycles. The van der Waals surface area contributed by atoms with Crippen LogP contribution in [0.15, 0.2) is 35.0 Å². The Bertz CT molecular complexity index is 460.